The number of benzene rings is 1. The molecule has 4 nitrogen and oxygen atoms in total. The van der Waals surface area contributed by atoms with Crippen LogP contribution in [0.15, 0.2) is 47.5 Å². The third-order valence-corrected chi connectivity index (χ3v) is 5.91. The van der Waals surface area contributed by atoms with Gasteiger partial charge in [-0.2, -0.15) is 0 Å². The third kappa shape index (κ3) is 5.81. The van der Waals surface area contributed by atoms with E-state index in [9.17, 15) is 13.6 Å². The van der Waals surface area contributed by atoms with Crippen molar-refractivity contribution in [2.75, 3.05) is 6.61 Å². The summed E-state index contributed by atoms with van der Waals surface area (Å²) in [6, 6.07) is 6.07. The SMILES string of the molecule is CCOC(=O)/C=C/C(C)Sc1c(F)cc(-c2cccnc2OC2CCCC2)cc1F. The molecule has 0 radical (unpaired) electrons. The summed E-state index contributed by atoms with van der Waals surface area (Å²) in [7, 11) is 0. The van der Waals surface area contributed by atoms with Crippen LogP contribution in [0.25, 0.3) is 11.1 Å². The van der Waals surface area contributed by atoms with Gasteiger partial charge in [-0.1, -0.05) is 6.08 Å². The molecule has 0 aliphatic heterocycles. The first kappa shape index (κ1) is 22.3. The highest BCUT2D eigenvalue weighted by atomic mass is 32.2. The second-order valence-corrected chi connectivity index (χ2v) is 8.47. The fraction of sp³-hybridized carbons (Fsp3) is 0.391. The highest BCUT2D eigenvalue weighted by Gasteiger charge is 2.21. The van der Waals surface area contributed by atoms with Gasteiger partial charge in [-0.25, -0.2) is 18.6 Å². The average molecular weight is 434 g/mol. The zero-order valence-corrected chi connectivity index (χ0v) is 17.9. The van der Waals surface area contributed by atoms with E-state index in [0.29, 0.717) is 17.0 Å². The van der Waals surface area contributed by atoms with Gasteiger partial charge in [0.2, 0.25) is 5.88 Å². The van der Waals surface area contributed by atoms with E-state index in [1.165, 1.54) is 18.2 Å². The van der Waals surface area contributed by atoms with Crippen LogP contribution in [-0.2, 0) is 9.53 Å². The number of halogens is 2. The molecular weight excluding hydrogens is 408 g/mol. The number of aromatic nitrogens is 1. The molecule has 3 rings (SSSR count). The Bertz CT molecular complexity index is 890. The van der Waals surface area contributed by atoms with Crippen molar-refractivity contribution in [3.05, 3.63) is 54.2 Å². The number of carbonyl (C=O) groups is 1. The van der Waals surface area contributed by atoms with Crippen LogP contribution >= 0.6 is 11.8 Å². The van der Waals surface area contributed by atoms with Gasteiger partial charge in [0, 0.05) is 23.1 Å². The average Bonchev–Trinajstić information content (AvgIpc) is 3.23. The molecule has 7 heteroatoms. The Balaban J connectivity index is 1.79. The second-order valence-electron chi connectivity index (χ2n) is 7.08. The third-order valence-electron chi connectivity index (χ3n) is 4.75. The summed E-state index contributed by atoms with van der Waals surface area (Å²) in [5, 5.41) is -0.316. The molecule has 1 heterocycles. The summed E-state index contributed by atoms with van der Waals surface area (Å²) in [4.78, 5) is 15.6. The maximum atomic E-state index is 14.8. The molecule has 1 aliphatic carbocycles. The zero-order valence-electron chi connectivity index (χ0n) is 17.1. The van der Waals surface area contributed by atoms with E-state index < -0.39 is 17.6 Å². The lowest BCUT2D eigenvalue weighted by Crippen LogP contribution is -2.12. The lowest BCUT2D eigenvalue weighted by Gasteiger charge is -2.16. The van der Waals surface area contributed by atoms with E-state index in [2.05, 4.69) is 4.98 Å². The number of rotatable bonds is 8. The van der Waals surface area contributed by atoms with Crippen LogP contribution in [0.3, 0.4) is 0 Å². The molecule has 1 fully saturated rings. The minimum atomic E-state index is -0.665. The molecule has 0 N–H and O–H groups in total. The molecule has 0 saturated heterocycles. The molecule has 0 bridgehead atoms. The van der Waals surface area contributed by atoms with Gasteiger partial charge in [-0.05, 0) is 69.4 Å². The molecule has 1 aromatic carbocycles. The van der Waals surface area contributed by atoms with Gasteiger partial charge in [0.25, 0.3) is 0 Å². The Morgan fingerprint density at radius 3 is 2.67 bits per heavy atom. The molecule has 1 unspecified atom stereocenters. The summed E-state index contributed by atoms with van der Waals surface area (Å²) >= 11 is 1.000. The smallest absolute Gasteiger partial charge is 0.330 e. The van der Waals surface area contributed by atoms with Crippen molar-refractivity contribution in [1.82, 2.24) is 4.98 Å². The number of hydrogen-bond donors (Lipinski definition) is 0. The first-order chi connectivity index (χ1) is 14.5. The first-order valence-electron chi connectivity index (χ1n) is 10.1. The summed E-state index contributed by atoms with van der Waals surface area (Å²) in [6.07, 6.45) is 8.70. The summed E-state index contributed by atoms with van der Waals surface area (Å²) in [5.74, 6) is -1.41. The number of ether oxygens (including phenoxy) is 2. The molecule has 0 amide bonds. The zero-order chi connectivity index (χ0) is 21.5. The largest absolute Gasteiger partial charge is 0.474 e. The van der Waals surface area contributed by atoms with Crippen LogP contribution in [0.2, 0.25) is 0 Å². The maximum Gasteiger partial charge on any atom is 0.330 e. The number of thioether (sulfide) groups is 1. The summed E-state index contributed by atoms with van der Waals surface area (Å²) in [6.45, 7) is 3.74. The Morgan fingerprint density at radius 2 is 2.00 bits per heavy atom. The predicted molar refractivity (Wildman–Crippen MR) is 114 cm³/mol. The molecule has 1 saturated carbocycles. The maximum absolute atomic E-state index is 14.8. The van der Waals surface area contributed by atoms with Gasteiger partial charge < -0.3 is 9.47 Å². The molecule has 160 valence electrons. The van der Waals surface area contributed by atoms with E-state index >= 15 is 0 Å². The highest BCUT2D eigenvalue weighted by Crippen LogP contribution is 2.36. The number of carbonyl (C=O) groups excluding carboxylic acids is 1. The van der Waals surface area contributed by atoms with E-state index in [-0.39, 0.29) is 22.9 Å². The summed E-state index contributed by atoms with van der Waals surface area (Å²) in [5.41, 5.74) is 0.944. The van der Waals surface area contributed by atoms with Crippen LogP contribution in [0.4, 0.5) is 8.78 Å². The van der Waals surface area contributed by atoms with Gasteiger partial charge in [0.05, 0.1) is 11.5 Å². The van der Waals surface area contributed by atoms with Crippen LogP contribution in [-0.4, -0.2) is 28.9 Å². The van der Waals surface area contributed by atoms with Crippen molar-refractivity contribution < 1.29 is 23.0 Å². The second kappa shape index (κ2) is 10.6. The minimum absolute atomic E-state index is 0.0928. The van der Waals surface area contributed by atoms with E-state index in [1.807, 2.05) is 0 Å². The van der Waals surface area contributed by atoms with E-state index in [1.54, 1.807) is 38.3 Å². The van der Waals surface area contributed by atoms with Gasteiger partial charge in [-0.3, -0.25) is 0 Å². The normalized spacial score (nSPS) is 15.5. The predicted octanol–water partition coefficient (Wildman–Crippen LogP) is 5.95. The minimum Gasteiger partial charge on any atom is -0.474 e. The fourth-order valence-corrected chi connectivity index (χ4v) is 4.20. The van der Waals surface area contributed by atoms with Crippen molar-refractivity contribution in [2.24, 2.45) is 0 Å². The highest BCUT2D eigenvalue weighted by molar-refractivity contribution is 8.00. The van der Waals surface area contributed by atoms with Crippen molar-refractivity contribution in [3.63, 3.8) is 0 Å². The lowest BCUT2D eigenvalue weighted by atomic mass is 10.1. The van der Waals surface area contributed by atoms with Gasteiger partial charge in [0.15, 0.2) is 0 Å². The number of pyridine rings is 1. The Labute approximate surface area is 179 Å². The van der Waals surface area contributed by atoms with Gasteiger partial charge >= 0.3 is 5.97 Å². The quantitative estimate of drug-likeness (QED) is 0.293. The van der Waals surface area contributed by atoms with Gasteiger partial charge in [-0.15, -0.1) is 11.8 Å². The van der Waals surface area contributed by atoms with Crippen LogP contribution in [0.1, 0.15) is 39.5 Å². The number of nitrogens with zero attached hydrogens (tertiary/aromatic N) is 1. The van der Waals surface area contributed by atoms with Gasteiger partial charge in [0.1, 0.15) is 17.7 Å². The molecule has 1 aromatic heterocycles. The molecule has 1 atom stereocenters. The molecule has 30 heavy (non-hydrogen) atoms. The topological polar surface area (TPSA) is 48.4 Å². The first-order valence-corrected chi connectivity index (χ1v) is 11.0. The number of esters is 1. The van der Waals surface area contributed by atoms with Crippen LogP contribution in [0, 0.1) is 11.6 Å². The Hall–Kier alpha value is -2.41. The summed E-state index contributed by atoms with van der Waals surface area (Å²) < 4.78 is 40.4. The van der Waals surface area contributed by atoms with Crippen LogP contribution < -0.4 is 4.74 Å². The molecular formula is C23H25F2NO3S. The Kier molecular flexibility index (Phi) is 7.85. The fourth-order valence-electron chi connectivity index (χ4n) is 3.33. The molecule has 0 spiro atoms. The molecule has 2 aromatic rings. The Morgan fingerprint density at radius 1 is 1.30 bits per heavy atom. The lowest BCUT2D eigenvalue weighted by molar-refractivity contribution is -0.137. The number of hydrogen-bond acceptors (Lipinski definition) is 5. The monoisotopic (exact) mass is 433 g/mol. The standard InChI is InChI=1S/C23H25F2NO3S/c1-3-28-21(27)11-10-15(2)30-22-19(24)13-16(14-20(22)25)18-9-6-12-26-23(18)29-17-7-4-5-8-17/h6,9-15,17H,3-5,7-8H2,1-2H3/b11-10+. The van der Waals surface area contributed by atoms with E-state index in [0.717, 1.165) is 37.4 Å². The molecule has 1 aliphatic rings. The van der Waals surface area contributed by atoms with Crippen molar-refractivity contribution >= 4 is 17.7 Å². The van der Waals surface area contributed by atoms with Crippen molar-refractivity contribution in [1.29, 1.82) is 0 Å². The van der Waals surface area contributed by atoms with E-state index in [4.69, 9.17) is 9.47 Å². The van der Waals surface area contributed by atoms with Crippen molar-refractivity contribution in [3.8, 4) is 17.0 Å². The van der Waals surface area contributed by atoms with Crippen LogP contribution in [0.5, 0.6) is 5.88 Å². The van der Waals surface area contributed by atoms with Crippen molar-refractivity contribution in [2.45, 2.75) is 55.8 Å².